The standard InChI is InChI=1S/C52H74Cl2O17/c1-14-32-22-26(5)34(56)18-16-15-17-33(23-65-51-45(64-13)42(60)44(31(10)66-51)68-49(63)36-28(7)37(53)29(8)38(54)39(36)57)48(62)67-35(30(9)55)20-19-25(4)21-27(6)43(32)69-50-41(59)40(58)46(52(11,12)71-50)70-47(61)24(2)3/h15-17,19,21-22,24,30-32,34-35,40-46,50-51,55-60H,14,18,20,23H2,1-13H3/b16-15+,25-19+,26-22+,27-21+,33-17+. The molecule has 3 aliphatic rings. The average molecular weight is 1040 g/mol. The number of phenols is 1. The van der Waals surface area contributed by atoms with Gasteiger partial charge in [0.15, 0.2) is 24.8 Å². The van der Waals surface area contributed by atoms with Crippen molar-refractivity contribution in [2.75, 3.05) is 13.7 Å². The lowest BCUT2D eigenvalue weighted by Crippen LogP contribution is -2.64. The zero-order chi connectivity index (χ0) is 53.4. The fraction of sp³-hybridized carbons (Fsp3) is 0.635. The lowest BCUT2D eigenvalue weighted by atomic mass is 9.88. The maximum Gasteiger partial charge on any atom is 0.342 e. The second-order valence-corrected chi connectivity index (χ2v) is 20.2. The summed E-state index contributed by atoms with van der Waals surface area (Å²) in [7, 11) is 1.29. The molecule has 2 fully saturated rings. The van der Waals surface area contributed by atoms with Crippen LogP contribution in [-0.4, -0.2) is 148 Å². The van der Waals surface area contributed by atoms with Gasteiger partial charge < -0.3 is 68.5 Å². The van der Waals surface area contributed by atoms with Crippen LogP contribution in [0.1, 0.15) is 110 Å². The lowest BCUT2D eigenvalue weighted by molar-refractivity contribution is -0.333. The Balaban J connectivity index is 1.60. The van der Waals surface area contributed by atoms with Gasteiger partial charge in [-0.25, -0.2) is 9.59 Å². The Labute approximate surface area is 427 Å². The number of benzene rings is 1. The molecule has 0 aromatic heterocycles. The van der Waals surface area contributed by atoms with Crippen LogP contribution in [0.4, 0.5) is 0 Å². The Hall–Kier alpha value is -3.69. The number of hydrogen-bond donors (Lipinski definition) is 6. The maximum absolute atomic E-state index is 13.9. The van der Waals surface area contributed by atoms with Crippen LogP contribution in [-0.2, 0) is 47.5 Å². The molecule has 0 spiro atoms. The van der Waals surface area contributed by atoms with E-state index in [-0.39, 0.29) is 45.5 Å². The van der Waals surface area contributed by atoms with Crippen LogP contribution in [0, 0.1) is 25.7 Å². The van der Waals surface area contributed by atoms with Crippen LogP contribution in [0.2, 0.25) is 10.0 Å². The molecule has 0 radical (unpaired) electrons. The van der Waals surface area contributed by atoms with Gasteiger partial charge in [0.2, 0.25) is 0 Å². The van der Waals surface area contributed by atoms with Crippen molar-refractivity contribution >= 4 is 41.1 Å². The molecule has 14 atom stereocenters. The highest BCUT2D eigenvalue weighted by molar-refractivity contribution is 6.38. The Morgan fingerprint density at radius 3 is 2.17 bits per heavy atom. The highest BCUT2D eigenvalue weighted by atomic mass is 35.5. The molecule has 1 aromatic rings. The number of halogens is 2. The van der Waals surface area contributed by atoms with Gasteiger partial charge >= 0.3 is 17.9 Å². The Morgan fingerprint density at radius 2 is 1.56 bits per heavy atom. The van der Waals surface area contributed by atoms with Crippen molar-refractivity contribution in [2.45, 2.75) is 188 Å². The third-order valence-corrected chi connectivity index (χ3v) is 14.0. The van der Waals surface area contributed by atoms with E-state index >= 15 is 0 Å². The van der Waals surface area contributed by atoms with Gasteiger partial charge in [-0.05, 0) is 104 Å². The molecule has 3 aliphatic heterocycles. The smallest absolute Gasteiger partial charge is 0.342 e. The zero-order valence-corrected chi connectivity index (χ0v) is 44.4. The fourth-order valence-corrected chi connectivity index (χ4v) is 8.96. The number of allylic oxidation sites excluding steroid dienone is 4. The van der Waals surface area contributed by atoms with Crippen molar-refractivity contribution < 1.29 is 82.9 Å². The summed E-state index contributed by atoms with van der Waals surface area (Å²) in [6, 6.07) is 0. The molecule has 0 bridgehead atoms. The molecule has 0 amide bonds. The Kier molecular flexibility index (Phi) is 21.9. The quantitative estimate of drug-likeness (QED) is 0.0735. The number of methoxy groups -OCH3 is 1. The van der Waals surface area contributed by atoms with Crippen LogP contribution in [0.3, 0.4) is 0 Å². The van der Waals surface area contributed by atoms with Crippen LogP contribution in [0.15, 0.2) is 58.7 Å². The first-order valence-corrected chi connectivity index (χ1v) is 24.6. The summed E-state index contributed by atoms with van der Waals surface area (Å²) in [5.41, 5.74) is 1.03. The minimum Gasteiger partial charge on any atom is -0.505 e. The minimum absolute atomic E-state index is 0.0182. The van der Waals surface area contributed by atoms with Crippen LogP contribution in [0.25, 0.3) is 0 Å². The number of aliphatic hydroxyl groups is 5. The number of carbonyl (C=O) groups excluding carboxylic acids is 3. The molecule has 0 saturated carbocycles. The first kappa shape index (κ1) is 59.9. The number of ether oxygens (including phenoxy) is 8. The number of carbonyl (C=O) groups is 3. The van der Waals surface area contributed by atoms with E-state index in [1.807, 2.05) is 32.9 Å². The number of hydrogen-bond acceptors (Lipinski definition) is 17. The highest BCUT2D eigenvalue weighted by Crippen LogP contribution is 2.40. The average Bonchev–Trinajstić information content (AvgIpc) is 3.30. The molecule has 19 heteroatoms. The van der Waals surface area contributed by atoms with Gasteiger partial charge in [0.05, 0.1) is 47.5 Å². The van der Waals surface area contributed by atoms with Crippen molar-refractivity contribution in [1.29, 1.82) is 0 Å². The van der Waals surface area contributed by atoms with E-state index in [9.17, 15) is 45.0 Å². The second kappa shape index (κ2) is 26.0. The SMILES string of the molecule is CCC1/C=C(\C)C(O)C/C=C/C=C(\COC2OC(C)C(OC(=O)c3c(C)c(Cl)c(C)c(Cl)c3O)C(O)C2OC)C(=O)OC(C(C)O)C/C=C(C)/C=C(\C)C1OC1OC(C)(C)C(OC(=O)C(C)C)C(O)C1O. The fourth-order valence-electron chi connectivity index (χ4n) is 8.54. The monoisotopic (exact) mass is 1040 g/mol. The van der Waals surface area contributed by atoms with Gasteiger partial charge in [-0.2, -0.15) is 0 Å². The summed E-state index contributed by atoms with van der Waals surface area (Å²) in [6.45, 7) is 19.6. The van der Waals surface area contributed by atoms with E-state index in [0.717, 1.165) is 0 Å². The zero-order valence-electron chi connectivity index (χ0n) is 42.9. The summed E-state index contributed by atoms with van der Waals surface area (Å²) >= 11 is 12.6. The predicted octanol–water partition coefficient (Wildman–Crippen LogP) is 6.58. The Bertz CT molecular complexity index is 2170. The molecule has 3 heterocycles. The molecule has 14 unspecified atom stereocenters. The van der Waals surface area contributed by atoms with Crippen molar-refractivity contribution in [3.05, 3.63) is 85.5 Å². The van der Waals surface area contributed by atoms with Gasteiger partial charge in [-0.3, -0.25) is 4.79 Å². The summed E-state index contributed by atoms with van der Waals surface area (Å²) < 4.78 is 47.6. The third kappa shape index (κ3) is 14.8. The maximum atomic E-state index is 13.9. The van der Waals surface area contributed by atoms with Crippen LogP contribution < -0.4 is 0 Å². The largest absolute Gasteiger partial charge is 0.505 e. The molecule has 2 saturated heterocycles. The molecule has 6 N–H and O–H groups in total. The third-order valence-electron chi connectivity index (χ3n) is 13.0. The number of cyclic esters (lactones) is 1. The topological polar surface area (TPSA) is 246 Å². The molecule has 4 rings (SSSR count). The molecule has 17 nitrogen and oxygen atoms in total. The molecular formula is C52H74Cl2O17. The first-order valence-electron chi connectivity index (χ1n) is 23.9. The van der Waals surface area contributed by atoms with Crippen LogP contribution in [0.5, 0.6) is 5.75 Å². The van der Waals surface area contributed by atoms with Gasteiger partial charge in [0.1, 0.15) is 47.4 Å². The van der Waals surface area contributed by atoms with Crippen molar-refractivity contribution in [3.63, 3.8) is 0 Å². The van der Waals surface area contributed by atoms with E-state index in [1.54, 1.807) is 59.8 Å². The first-order chi connectivity index (χ1) is 33.2. The minimum atomic E-state index is -1.60. The van der Waals surface area contributed by atoms with Gasteiger partial charge in [0, 0.05) is 24.5 Å². The normalized spacial score (nSPS) is 35.2. The van der Waals surface area contributed by atoms with E-state index < -0.39 is 122 Å². The van der Waals surface area contributed by atoms with Gasteiger partial charge in [-0.1, -0.05) is 79.9 Å². The second-order valence-electron chi connectivity index (χ2n) is 19.4. The predicted molar refractivity (Wildman–Crippen MR) is 264 cm³/mol. The molecule has 398 valence electrons. The number of phenolic OH excluding ortho intramolecular Hbond substituents is 1. The summed E-state index contributed by atoms with van der Waals surface area (Å²) in [5, 5.41) is 67.1. The lowest BCUT2D eigenvalue weighted by Gasteiger charge is -2.47. The number of aliphatic hydroxyl groups excluding tert-OH is 5. The molecule has 1 aromatic carbocycles. The van der Waals surface area contributed by atoms with Crippen molar-refractivity contribution in [1.82, 2.24) is 0 Å². The number of aromatic hydroxyl groups is 1. The summed E-state index contributed by atoms with van der Waals surface area (Å²) in [4.78, 5) is 39.9. The Morgan fingerprint density at radius 1 is 0.901 bits per heavy atom. The number of rotatable bonds is 12. The molecule has 0 aliphatic carbocycles. The number of esters is 3. The molecular weight excluding hydrogens is 967 g/mol. The van der Waals surface area contributed by atoms with E-state index in [4.69, 9.17) is 61.1 Å². The van der Waals surface area contributed by atoms with E-state index in [1.165, 1.54) is 34.0 Å². The van der Waals surface area contributed by atoms with Crippen molar-refractivity contribution in [3.8, 4) is 5.75 Å². The summed E-state index contributed by atoms with van der Waals surface area (Å²) in [6.07, 6.45) is -5.15. The van der Waals surface area contributed by atoms with Gasteiger partial charge in [0.25, 0.3) is 0 Å². The molecule has 71 heavy (non-hydrogen) atoms. The van der Waals surface area contributed by atoms with E-state index in [2.05, 4.69) is 0 Å². The highest BCUT2D eigenvalue weighted by Gasteiger charge is 2.53. The van der Waals surface area contributed by atoms with Crippen LogP contribution >= 0.6 is 23.2 Å². The van der Waals surface area contributed by atoms with Gasteiger partial charge in [-0.15, -0.1) is 0 Å². The summed E-state index contributed by atoms with van der Waals surface area (Å²) in [5.74, 6) is -3.81. The van der Waals surface area contributed by atoms with E-state index in [0.29, 0.717) is 28.7 Å². The van der Waals surface area contributed by atoms with Crippen molar-refractivity contribution in [2.24, 2.45) is 11.8 Å².